The first-order valence-electron chi connectivity index (χ1n) is 9.21. The molecule has 2 aromatic heterocycles. The van der Waals surface area contributed by atoms with Crippen LogP contribution in [0.5, 0.6) is 0 Å². The number of halogens is 1. The summed E-state index contributed by atoms with van der Waals surface area (Å²) in [5, 5.41) is 14.1. The Morgan fingerprint density at radius 3 is 2.60 bits per heavy atom. The van der Waals surface area contributed by atoms with E-state index in [0.29, 0.717) is 38.2 Å². The Bertz CT molecular complexity index is 1330. The quantitative estimate of drug-likeness (QED) is 0.471. The van der Waals surface area contributed by atoms with Gasteiger partial charge in [-0.1, -0.05) is 11.6 Å². The number of anilines is 3. The Morgan fingerprint density at radius 2 is 1.93 bits per heavy atom. The number of carboxylic acids is 1. The first-order chi connectivity index (χ1) is 14.4. The van der Waals surface area contributed by atoms with E-state index in [1.807, 2.05) is 12.1 Å². The van der Waals surface area contributed by atoms with Crippen LogP contribution in [0.4, 0.5) is 17.1 Å². The first kappa shape index (κ1) is 19.7. The molecule has 0 bridgehead atoms. The number of hydrogen-bond acceptors (Lipinski definition) is 5. The van der Waals surface area contributed by atoms with Crippen molar-refractivity contribution in [2.24, 2.45) is 0 Å². The Labute approximate surface area is 177 Å². The van der Waals surface area contributed by atoms with Crippen LogP contribution in [0.15, 0.2) is 59.7 Å². The average molecular weight is 423 g/mol. The van der Waals surface area contributed by atoms with Gasteiger partial charge in [-0.15, -0.1) is 0 Å². The van der Waals surface area contributed by atoms with Crippen molar-refractivity contribution in [3.8, 4) is 0 Å². The van der Waals surface area contributed by atoms with Crippen LogP contribution >= 0.6 is 11.6 Å². The predicted molar refractivity (Wildman–Crippen MR) is 120 cm³/mol. The van der Waals surface area contributed by atoms with Gasteiger partial charge in [-0.2, -0.15) is 0 Å². The summed E-state index contributed by atoms with van der Waals surface area (Å²) < 4.78 is 1.63. The number of carboxylic acid groups (broad SMARTS) is 1. The van der Waals surface area contributed by atoms with Crippen LogP contribution in [0.25, 0.3) is 21.8 Å². The van der Waals surface area contributed by atoms with Crippen LogP contribution in [-0.4, -0.2) is 34.7 Å². The van der Waals surface area contributed by atoms with Crippen molar-refractivity contribution in [3.63, 3.8) is 0 Å². The SMILES string of the molecule is CN(C)c1c(Cl)ccc2c(=O)c3ccc(Nc4cccnc4)cc3n(CC(=O)O)c12. The summed E-state index contributed by atoms with van der Waals surface area (Å²) in [5.41, 5.74) is 2.91. The van der Waals surface area contributed by atoms with Crippen LogP contribution in [0, 0.1) is 0 Å². The number of carbonyl (C=O) groups is 1. The van der Waals surface area contributed by atoms with E-state index in [1.54, 1.807) is 66.3 Å². The Hall–Kier alpha value is -3.58. The minimum absolute atomic E-state index is 0.172. The van der Waals surface area contributed by atoms with E-state index in [-0.39, 0.29) is 12.0 Å². The fourth-order valence-corrected chi connectivity index (χ4v) is 3.95. The van der Waals surface area contributed by atoms with Gasteiger partial charge in [-0.25, -0.2) is 0 Å². The minimum atomic E-state index is -1.02. The van der Waals surface area contributed by atoms with Crippen molar-refractivity contribution in [1.82, 2.24) is 9.55 Å². The van der Waals surface area contributed by atoms with Crippen molar-refractivity contribution in [2.75, 3.05) is 24.3 Å². The standard InChI is InChI=1S/C22H19ClN4O3/c1-26(2)21-17(23)8-7-16-20(21)27(12-19(28)29)18-10-13(5-6-15(18)22(16)30)25-14-4-3-9-24-11-14/h3-11,25H,12H2,1-2H3,(H,28,29). The number of aromatic nitrogens is 2. The van der Waals surface area contributed by atoms with Gasteiger partial charge in [0.25, 0.3) is 0 Å². The molecule has 4 aromatic rings. The molecular weight excluding hydrogens is 404 g/mol. The molecule has 4 rings (SSSR count). The molecule has 0 saturated heterocycles. The van der Waals surface area contributed by atoms with Crippen LogP contribution < -0.4 is 15.6 Å². The van der Waals surface area contributed by atoms with Gasteiger partial charge in [0.2, 0.25) is 0 Å². The number of benzene rings is 2. The lowest BCUT2D eigenvalue weighted by molar-refractivity contribution is -0.137. The topological polar surface area (TPSA) is 87.5 Å². The maximum absolute atomic E-state index is 13.2. The van der Waals surface area contributed by atoms with E-state index in [0.717, 1.165) is 5.69 Å². The summed E-state index contributed by atoms with van der Waals surface area (Å²) in [4.78, 5) is 30.8. The van der Waals surface area contributed by atoms with Gasteiger partial charge in [0, 0.05) is 36.8 Å². The minimum Gasteiger partial charge on any atom is -0.480 e. The molecule has 2 heterocycles. The van der Waals surface area contributed by atoms with E-state index in [2.05, 4.69) is 10.3 Å². The van der Waals surface area contributed by atoms with Crippen molar-refractivity contribution in [3.05, 3.63) is 70.1 Å². The van der Waals surface area contributed by atoms with Crippen LogP contribution in [0.3, 0.4) is 0 Å². The lowest BCUT2D eigenvalue weighted by atomic mass is 10.1. The molecule has 7 nitrogen and oxygen atoms in total. The van der Waals surface area contributed by atoms with Gasteiger partial charge in [0.05, 0.1) is 33.6 Å². The number of pyridine rings is 2. The van der Waals surface area contributed by atoms with E-state index < -0.39 is 5.97 Å². The second-order valence-electron chi connectivity index (χ2n) is 7.09. The highest BCUT2D eigenvalue weighted by molar-refractivity contribution is 6.35. The molecule has 8 heteroatoms. The summed E-state index contributed by atoms with van der Waals surface area (Å²) in [5.74, 6) is -1.02. The molecule has 0 fully saturated rings. The Morgan fingerprint density at radius 1 is 1.17 bits per heavy atom. The van der Waals surface area contributed by atoms with Crippen molar-refractivity contribution < 1.29 is 9.90 Å². The number of hydrogen-bond donors (Lipinski definition) is 2. The van der Waals surface area contributed by atoms with E-state index >= 15 is 0 Å². The lowest BCUT2D eigenvalue weighted by Crippen LogP contribution is -2.19. The molecule has 0 radical (unpaired) electrons. The largest absolute Gasteiger partial charge is 0.480 e. The molecule has 30 heavy (non-hydrogen) atoms. The van der Waals surface area contributed by atoms with E-state index in [9.17, 15) is 14.7 Å². The zero-order valence-electron chi connectivity index (χ0n) is 16.4. The lowest BCUT2D eigenvalue weighted by Gasteiger charge is -2.22. The summed E-state index contributed by atoms with van der Waals surface area (Å²) in [7, 11) is 3.61. The zero-order valence-corrected chi connectivity index (χ0v) is 17.1. The van der Waals surface area contributed by atoms with Crippen LogP contribution in [0.2, 0.25) is 5.02 Å². The third kappa shape index (κ3) is 3.44. The molecule has 0 aliphatic heterocycles. The summed E-state index contributed by atoms with van der Waals surface area (Å²) >= 11 is 6.43. The number of rotatable bonds is 5. The number of nitrogens with one attached hydrogen (secondary N) is 1. The maximum Gasteiger partial charge on any atom is 0.323 e. The number of fused-ring (bicyclic) bond motifs is 2. The fraction of sp³-hybridized carbons (Fsp3) is 0.136. The molecule has 0 amide bonds. The molecule has 2 N–H and O–H groups in total. The zero-order chi connectivity index (χ0) is 21.4. The highest BCUT2D eigenvalue weighted by Gasteiger charge is 2.19. The average Bonchev–Trinajstić information content (AvgIpc) is 2.71. The molecule has 0 aliphatic carbocycles. The molecule has 0 aliphatic rings. The second-order valence-corrected chi connectivity index (χ2v) is 7.50. The van der Waals surface area contributed by atoms with Gasteiger partial charge in [-0.05, 0) is 42.5 Å². The van der Waals surface area contributed by atoms with Gasteiger partial charge in [0.1, 0.15) is 6.54 Å². The predicted octanol–water partition coefficient (Wildman–Crippen LogP) is 4.10. The summed E-state index contributed by atoms with van der Waals surface area (Å²) in [6.45, 7) is -0.315. The van der Waals surface area contributed by atoms with Crippen LogP contribution in [-0.2, 0) is 11.3 Å². The number of aliphatic carboxylic acids is 1. The van der Waals surface area contributed by atoms with E-state index in [4.69, 9.17) is 11.6 Å². The van der Waals surface area contributed by atoms with Crippen molar-refractivity contribution in [2.45, 2.75) is 6.54 Å². The molecular formula is C22H19ClN4O3. The molecule has 0 spiro atoms. The fourth-order valence-electron chi connectivity index (χ4n) is 3.63. The first-order valence-corrected chi connectivity index (χ1v) is 9.59. The van der Waals surface area contributed by atoms with Gasteiger partial charge >= 0.3 is 5.97 Å². The van der Waals surface area contributed by atoms with Gasteiger partial charge < -0.3 is 19.9 Å². The van der Waals surface area contributed by atoms with Crippen molar-refractivity contribution in [1.29, 1.82) is 0 Å². The highest BCUT2D eigenvalue weighted by atomic mass is 35.5. The maximum atomic E-state index is 13.2. The van der Waals surface area contributed by atoms with Gasteiger partial charge in [-0.3, -0.25) is 14.6 Å². The molecule has 0 unspecified atom stereocenters. The highest BCUT2D eigenvalue weighted by Crippen LogP contribution is 2.34. The normalized spacial score (nSPS) is 11.0. The number of nitrogens with zero attached hydrogens (tertiary/aromatic N) is 3. The molecule has 2 aromatic carbocycles. The molecule has 0 atom stereocenters. The summed E-state index contributed by atoms with van der Waals surface area (Å²) in [6.07, 6.45) is 3.35. The van der Waals surface area contributed by atoms with Crippen molar-refractivity contribution >= 4 is 56.4 Å². The second kappa shape index (κ2) is 7.68. The Balaban J connectivity index is 2.07. The monoisotopic (exact) mass is 422 g/mol. The smallest absolute Gasteiger partial charge is 0.323 e. The van der Waals surface area contributed by atoms with Crippen LogP contribution in [0.1, 0.15) is 0 Å². The summed E-state index contributed by atoms with van der Waals surface area (Å²) in [6, 6.07) is 12.2. The third-order valence-corrected chi connectivity index (χ3v) is 5.15. The third-order valence-electron chi connectivity index (χ3n) is 4.84. The molecule has 0 saturated carbocycles. The van der Waals surface area contributed by atoms with Gasteiger partial charge in [0.15, 0.2) is 5.43 Å². The van der Waals surface area contributed by atoms with E-state index in [1.165, 1.54) is 0 Å². The molecule has 152 valence electrons. The Kier molecular flexibility index (Phi) is 5.05.